The molecule has 0 fully saturated rings. The molecular weight excluding hydrogens is 926 g/mol. The van der Waals surface area contributed by atoms with Crippen molar-refractivity contribution in [3.05, 3.63) is 167 Å². The molecule has 0 aliphatic rings. The van der Waals surface area contributed by atoms with Gasteiger partial charge in [-0.2, -0.15) is 0 Å². The summed E-state index contributed by atoms with van der Waals surface area (Å²) in [6.07, 6.45) is 1.79. The normalized spacial score (nSPS) is 13.0. The van der Waals surface area contributed by atoms with Crippen molar-refractivity contribution in [2.75, 3.05) is 0 Å². The van der Waals surface area contributed by atoms with E-state index in [0.29, 0.717) is 17.0 Å². The second kappa shape index (κ2) is 16.4. The van der Waals surface area contributed by atoms with Crippen LogP contribution >= 0.6 is 0 Å². The Morgan fingerprint density at radius 1 is 0.623 bits per heavy atom. The van der Waals surface area contributed by atoms with Crippen molar-refractivity contribution >= 4 is 11.0 Å². The van der Waals surface area contributed by atoms with Crippen LogP contribution in [0.15, 0.2) is 134 Å². The van der Waals surface area contributed by atoms with Crippen molar-refractivity contribution in [3.63, 3.8) is 0 Å². The summed E-state index contributed by atoms with van der Waals surface area (Å²) in [7, 11) is 0. The molecule has 8 rings (SSSR count). The zero-order valence-electron chi connectivity index (χ0n) is 39.8. The van der Waals surface area contributed by atoms with Crippen LogP contribution in [-0.2, 0) is 31.9 Å². The SMILES string of the molecule is [2H]C([2H])([2H])c1ccc(-c2ccnc(-c3[c-]c(-c4cccc5c4nc(-c4cc(C)cc(C)c4O)n5-c4ccc(C(C)(C)C(C)(C)C)cc4-c4ccccc4)cc(C(C)(C)C)c3)c2)cc1.[Pt]. The van der Waals surface area contributed by atoms with Gasteiger partial charge in [0.1, 0.15) is 11.6 Å². The van der Waals surface area contributed by atoms with Gasteiger partial charge in [-0.05, 0) is 101 Å². The molecule has 8 aromatic rings. The molecule has 61 heavy (non-hydrogen) atoms. The van der Waals surface area contributed by atoms with Crippen LogP contribution in [0, 0.1) is 32.2 Å². The standard InChI is InChI=1S/C56H56N3O.Pt/c1-35-20-22-38(23-21-35)40-26-27-57-48(33-40)42-30-41(31-44(32-42)54(4,5)6)45-18-15-19-50-51(45)58-53(47-29-36(2)28-37(3)52(47)60)59(50)49-25-24-43(56(10,11)55(7,8)9)34-46(49)39-16-13-12-14-17-39;/h12-29,31-34,60H,1-11H3;/q-1;/i1D3;. The van der Waals surface area contributed by atoms with E-state index < -0.39 is 6.85 Å². The van der Waals surface area contributed by atoms with E-state index in [0.717, 1.165) is 78.0 Å². The second-order valence-electron chi connectivity index (χ2n) is 18.8. The molecule has 1 N–H and O–H groups in total. The van der Waals surface area contributed by atoms with Crippen molar-refractivity contribution in [1.29, 1.82) is 0 Å². The van der Waals surface area contributed by atoms with Gasteiger partial charge in [0.15, 0.2) is 0 Å². The fraction of sp³-hybridized carbons (Fsp3) is 0.250. The first-order valence-electron chi connectivity index (χ1n) is 22.3. The molecule has 0 saturated carbocycles. The summed E-state index contributed by atoms with van der Waals surface area (Å²) in [5.74, 6) is 0.848. The van der Waals surface area contributed by atoms with Crippen LogP contribution in [0.2, 0.25) is 0 Å². The van der Waals surface area contributed by atoms with E-state index in [1.807, 2.05) is 49.4 Å². The van der Waals surface area contributed by atoms with Gasteiger partial charge in [0.2, 0.25) is 0 Å². The average molecular weight is 985 g/mol. The van der Waals surface area contributed by atoms with E-state index in [4.69, 9.17) is 14.1 Å². The number of aromatic nitrogens is 3. The van der Waals surface area contributed by atoms with E-state index in [1.165, 1.54) is 5.56 Å². The molecule has 0 unspecified atom stereocenters. The fourth-order valence-electron chi connectivity index (χ4n) is 7.98. The maximum atomic E-state index is 11.8. The van der Waals surface area contributed by atoms with Gasteiger partial charge in [-0.25, -0.2) is 4.98 Å². The van der Waals surface area contributed by atoms with Crippen LogP contribution in [0.1, 0.15) is 87.3 Å². The number of aryl methyl sites for hydroxylation is 3. The Kier molecular flexibility index (Phi) is 10.6. The third-order valence-corrected chi connectivity index (χ3v) is 12.6. The van der Waals surface area contributed by atoms with Crippen molar-refractivity contribution < 1.29 is 30.3 Å². The molecule has 0 bridgehead atoms. The zero-order valence-corrected chi connectivity index (χ0v) is 39.1. The minimum atomic E-state index is -2.17. The monoisotopic (exact) mass is 984 g/mol. The number of benzene rings is 6. The smallest absolute Gasteiger partial charge is 0.148 e. The number of phenols is 1. The van der Waals surface area contributed by atoms with Crippen LogP contribution in [0.5, 0.6) is 5.75 Å². The van der Waals surface area contributed by atoms with E-state index in [-0.39, 0.29) is 43.1 Å². The topological polar surface area (TPSA) is 50.9 Å². The third kappa shape index (κ3) is 8.28. The molecule has 0 spiro atoms. The Morgan fingerprint density at radius 2 is 1.34 bits per heavy atom. The summed E-state index contributed by atoms with van der Waals surface area (Å²) < 4.78 is 25.7. The summed E-state index contributed by atoms with van der Waals surface area (Å²) in [4.78, 5) is 10.4. The Hall–Kier alpha value is -5.57. The molecule has 0 atom stereocenters. The molecule has 0 aliphatic heterocycles. The summed E-state index contributed by atoms with van der Waals surface area (Å²) in [6, 6.07) is 46.9. The van der Waals surface area contributed by atoms with E-state index in [2.05, 4.69) is 146 Å². The summed E-state index contributed by atoms with van der Waals surface area (Å²) >= 11 is 0. The number of aromatic hydroxyl groups is 1. The molecule has 0 amide bonds. The fourth-order valence-corrected chi connectivity index (χ4v) is 7.98. The van der Waals surface area contributed by atoms with Crippen molar-refractivity contribution in [2.24, 2.45) is 5.41 Å². The number of imidazole rings is 1. The van der Waals surface area contributed by atoms with Gasteiger partial charge in [0, 0.05) is 42.6 Å². The molecule has 0 saturated heterocycles. The summed E-state index contributed by atoms with van der Waals surface area (Å²) in [5.41, 5.74) is 14.8. The van der Waals surface area contributed by atoms with Crippen LogP contribution in [0.4, 0.5) is 0 Å². The first-order valence-corrected chi connectivity index (χ1v) is 20.8. The molecular formula is C56H56N3OPt-. The molecule has 6 aromatic carbocycles. The first kappa shape index (κ1) is 39.6. The van der Waals surface area contributed by atoms with Crippen LogP contribution in [-0.4, -0.2) is 19.6 Å². The second-order valence-corrected chi connectivity index (χ2v) is 18.8. The minimum Gasteiger partial charge on any atom is -0.507 e. The van der Waals surface area contributed by atoms with Crippen LogP contribution in [0.25, 0.3) is 72.7 Å². The third-order valence-electron chi connectivity index (χ3n) is 12.6. The molecule has 5 heteroatoms. The van der Waals surface area contributed by atoms with Crippen LogP contribution < -0.4 is 0 Å². The number of phenolic OH excluding ortho intramolecular Hbond substituents is 1. The molecule has 4 nitrogen and oxygen atoms in total. The van der Waals surface area contributed by atoms with Gasteiger partial charge < -0.3 is 5.11 Å². The van der Waals surface area contributed by atoms with Gasteiger partial charge in [0.05, 0.1) is 22.3 Å². The first-order chi connectivity index (χ1) is 29.6. The van der Waals surface area contributed by atoms with E-state index in [9.17, 15) is 5.11 Å². The number of pyridine rings is 1. The van der Waals surface area contributed by atoms with Gasteiger partial charge in [0.25, 0.3) is 0 Å². The van der Waals surface area contributed by atoms with Crippen molar-refractivity contribution in [2.45, 2.75) is 86.9 Å². The Labute approximate surface area is 381 Å². The molecule has 2 heterocycles. The maximum Gasteiger partial charge on any atom is 0.148 e. The number of hydrogen-bond donors (Lipinski definition) is 1. The molecule has 0 radical (unpaired) electrons. The number of hydrogen-bond acceptors (Lipinski definition) is 3. The largest absolute Gasteiger partial charge is 0.507 e. The van der Waals surface area contributed by atoms with Crippen molar-refractivity contribution in [1.82, 2.24) is 14.5 Å². The Balaban J connectivity index is 0.00000612. The predicted octanol–water partition coefficient (Wildman–Crippen LogP) is 14.8. The minimum absolute atomic E-state index is 0. The van der Waals surface area contributed by atoms with Gasteiger partial charge in [-0.15, -0.1) is 29.3 Å². The van der Waals surface area contributed by atoms with Gasteiger partial charge >= 0.3 is 0 Å². The quantitative estimate of drug-likeness (QED) is 0.162. The maximum absolute atomic E-state index is 11.8. The molecule has 0 aliphatic carbocycles. The number of para-hydroxylation sites is 1. The Bertz CT molecular complexity index is 3010. The van der Waals surface area contributed by atoms with E-state index in [1.54, 1.807) is 18.3 Å². The number of rotatable bonds is 7. The Morgan fingerprint density at radius 3 is 2.03 bits per heavy atom. The summed E-state index contributed by atoms with van der Waals surface area (Å²) in [5, 5.41) is 11.8. The zero-order chi connectivity index (χ0) is 45.2. The average Bonchev–Trinajstić information content (AvgIpc) is 3.63. The van der Waals surface area contributed by atoms with Gasteiger partial charge in [-0.1, -0.05) is 157 Å². The van der Waals surface area contributed by atoms with Crippen LogP contribution in [0.3, 0.4) is 0 Å². The summed E-state index contributed by atoms with van der Waals surface area (Å²) in [6.45, 7) is 20.0. The number of fused-ring (bicyclic) bond motifs is 1. The van der Waals surface area contributed by atoms with Gasteiger partial charge in [-0.3, -0.25) is 9.55 Å². The predicted molar refractivity (Wildman–Crippen MR) is 252 cm³/mol. The number of nitrogens with zero attached hydrogens (tertiary/aromatic N) is 3. The molecule has 312 valence electrons. The van der Waals surface area contributed by atoms with E-state index >= 15 is 0 Å². The van der Waals surface area contributed by atoms with Crippen molar-refractivity contribution in [3.8, 4) is 67.5 Å². The molecule has 2 aromatic heterocycles.